The summed E-state index contributed by atoms with van der Waals surface area (Å²) in [4.78, 5) is 11.0. The average molecular weight is 228 g/mol. The summed E-state index contributed by atoms with van der Waals surface area (Å²) in [7, 11) is 0. The Bertz CT molecular complexity index is 190. The molecular weight excluding hydrogens is 204 g/mol. The molecule has 1 atom stereocenters. The highest BCUT2D eigenvalue weighted by atomic mass is 16.5. The highest BCUT2D eigenvalue weighted by molar-refractivity contribution is 5.74. The van der Waals surface area contributed by atoms with E-state index in [1.165, 1.54) is 32.1 Å². The van der Waals surface area contributed by atoms with Gasteiger partial charge in [0.1, 0.15) is 0 Å². The Morgan fingerprint density at radius 3 is 2.38 bits per heavy atom. The molecule has 0 aromatic rings. The van der Waals surface area contributed by atoms with Crippen LogP contribution in [0.2, 0.25) is 0 Å². The maximum Gasteiger partial charge on any atom is 0.339 e. The van der Waals surface area contributed by atoms with E-state index >= 15 is 0 Å². The molecule has 0 heterocycles. The predicted molar refractivity (Wildman–Crippen MR) is 64.9 cm³/mol. The van der Waals surface area contributed by atoms with Gasteiger partial charge in [-0.25, -0.2) is 4.79 Å². The van der Waals surface area contributed by atoms with Crippen molar-refractivity contribution in [3.8, 4) is 0 Å². The lowest BCUT2D eigenvalue weighted by atomic mass is 10.1. The summed E-state index contributed by atoms with van der Waals surface area (Å²) >= 11 is 0. The summed E-state index contributed by atoms with van der Waals surface area (Å²) in [5, 5.41) is 9.37. The minimum Gasteiger partial charge on any atom is -0.433 e. The Hall–Kier alpha value is -0.830. The number of esters is 1. The molecule has 0 aromatic carbocycles. The summed E-state index contributed by atoms with van der Waals surface area (Å²) < 4.78 is 4.49. The fourth-order valence-electron chi connectivity index (χ4n) is 1.57. The van der Waals surface area contributed by atoms with E-state index in [0.717, 1.165) is 19.1 Å². The van der Waals surface area contributed by atoms with Gasteiger partial charge in [0.05, 0.1) is 6.26 Å². The fraction of sp³-hybridized carbons (Fsp3) is 0.769. The number of ether oxygens (including phenoxy) is 1. The number of aliphatic hydroxyl groups is 1. The number of rotatable bonds is 10. The van der Waals surface area contributed by atoms with E-state index in [9.17, 15) is 9.90 Å². The first-order valence-electron chi connectivity index (χ1n) is 6.21. The van der Waals surface area contributed by atoms with Crippen molar-refractivity contribution in [2.24, 2.45) is 0 Å². The third kappa shape index (κ3) is 8.48. The first-order chi connectivity index (χ1) is 7.72. The van der Waals surface area contributed by atoms with E-state index in [1.807, 2.05) is 0 Å². The minimum atomic E-state index is -0.992. The van der Waals surface area contributed by atoms with Crippen LogP contribution in [0, 0.1) is 0 Å². The van der Waals surface area contributed by atoms with Crippen molar-refractivity contribution in [2.45, 2.75) is 64.4 Å². The summed E-state index contributed by atoms with van der Waals surface area (Å²) in [5.74, 6) is -0.596. The quantitative estimate of drug-likeness (QED) is 0.355. The molecule has 0 bridgehead atoms. The lowest BCUT2D eigenvalue weighted by Crippen LogP contribution is -2.20. The third-order valence-electron chi connectivity index (χ3n) is 2.55. The van der Waals surface area contributed by atoms with Gasteiger partial charge in [-0.2, -0.15) is 0 Å². The third-order valence-corrected chi connectivity index (χ3v) is 2.55. The Balaban J connectivity index is 3.30. The van der Waals surface area contributed by atoms with Crippen LogP contribution < -0.4 is 0 Å². The molecule has 0 fully saturated rings. The van der Waals surface area contributed by atoms with Crippen molar-refractivity contribution in [1.82, 2.24) is 0 Å². The predicted octanol–water partition coefficient (Wildman–Crippen LogP) is 3.17. The van der Waals surface area contributed by atoms with Gasteiger partial charge in [0, 0.05) is 0 Å². The van der Waals surface area contributed by atoms with Gasteiger partial charge < -0.3 is 9.84 Å². The zero-order valence-electron chi connectivity index (χ0n) is 10.3. The van der Waals surface area contributed by atoms with Gasteiger partial charge in [0.2, 0.25) is 0 Å². The van der Waals surface area contributed by atoms with Crippen LogP contribution in [-0.2, 0) is 9.53 Å². The average Bonchev–Trinajstić information content (AvgIpc) is 2.28. The SMILES string of the molecule is C=COC(=O)C(O)CCCCCCCCC. The molecule has 0 aromatic heterocycles. The van der Waals surface area contributed by atoms with Crippen LogP contribution in [0.3, 0.4) is 0 Å². The number of carbonyl (C=O) groups is 1. The molecule has 1 N–H and O–H groups in total. The Morgan fingerprint density at radius 2 is 1.81 bits per heavy atom. The lowest BCUT2D eigenvalue weighted by Gasteiger charge is -2.07. The number of carbonyl (C=O) groups excluding carboxylic acids is 1. The first-order valence-corrected chi connectivity index (χ1v) is 6.21. The highest BCUT2D eigenvalue weighted by Crippen LogP contribution is 2.10. The molecule has 0 radical (unpaired) electrons. The second kappa shape index (κ2) is 10.7. The van der Waals surface area contributed by atoms with Crippen LogP contribution in [0.5, 0.6) is 0 Å². The minimum absolute atomic E-state index is 0.487. The second-order valence-corrected chi connectivity index (χ2v) is 4.03. The number of aliphatic hydroxyl groups excluding tert-OH is 1. The van der Waals surface area contributed by atoms with Gasteiger partial charge in [-0.05, 0) is 6.42 Å². The maximum absolute atomic E-state index is 11.0. The van der Waals surface area contributed by atoms with Gasteiger partial charge in [-0.1, -0.05) is 58.4 Å². The zero-order chi connectivity index (χ0) is 12.2. The molecule has 16 heavy (non-hydrogen) atoms. The highest BCUT2D eigenvalue weighted by Gasteiger charge is 2.14. The van der Waals surface area contributed by atoms with Crippen LogP contribution in [0.25, 0.3) is 0 Å². The molecule has 0 aliphatic carbocycles. The van der Waals surface area contributed by atoms with Crippen molar-refractivity contribution in [3.05, 3.63) is 12.8 Å². The van der Waals surface area contributed by atoms with Gasteiger partial charge in [0.25, 0.3) is 0 Å². The van der Waals surface area contributed by atoms with E-state index in [0.29, 0.717) is 6.42 Å². The molecule has 0 saturated carbocycles. The molecular formula is C13H24O3. The van der Waals surface area contributed by atoms with Crippen LogP contribution in [0.15, 0.2) is 12.8 Å². The van der Waals surface area contributed by atoms with E-state index < -0.39 is 12.1 Å². The summed E-state index contributed by atoms with van der Waals surface area (Å²) in [6.45, 7) is 5.46. The molecule has 0 rings (SSSR count). The van der Waals surface area contributed by atoms with E-state index in [4.69, 9.17) is 0 Å². The summed E-state index contributed by atoms with van der Waals surface area (Å²) in [5.41, 5.74) is 0. The van der Waals surface area contributed by atoms with Crippen molar-refractivity contribution in [2.75, 3.05) is 0 Å². The molecule has 0 amide bonds. The topological polar surface area (TPSA) is 46.5 Å². The Labute approximate surface area is 98.5 Å². The van der Waals surface area contributed by atoms with Gasteiger partial charge >= 0.3 is 5.97 Å². The van der Waals surface area contributed by atoms with Gasteiger partial charge in [-0.15, -0.1) is 0 Å². The van der Waals surface area contributed by atoms with Crippen molar-refractivity contribution in [3.63, 3.8) is 0 Å². The van der Waals surface area contributed by atoms with Crippen LogP contribution in [0.4, 0.5) is 0 Å². The smallest absolute Gasteiger partial charge is 0.339 e. The summed E-state index contributed by atoms with van der Waals surface area (Å²) in [6.07, 6.45) is 8.77. The molecule has 0 spiro atoms. The number of unbranched alkanes of at least 4 members (excludes halogenated alkanes) is 6. The Morgan fingerprint density at radius 1 is 1.25 bits per heavy atom. The second-order valence-electron chi connectivity index (χ2n) is 4.03. The molecule has 3 heteroatoms. The fourth-order valence-corrected chi connectivity index (χ4v) is 1.57. The molecule has 1 unspecified atom stereocenters. The normalized spacial score (nSPS) is 12.1. The van der Waals surface area contributed by atoms with E-state index in [2.05, 4.69) is 18.2 Å². The largest absolute Gasteiger partial charge is 0.433 e. The lowest BCUT2D eigenvalue weighted by molar-refractivity contribution is -0.147. The molecule has 0 aliphatic rings. The first kappa shape index (κ1) is 15.2. The van der Waals surface area contributed by atoms with Crippen molar-refractivity contribution >= 4 is 5.97 Å². The van der Waals surface area contributed by atoms with E-state index in [1.54, 1.807) is 0 Å². The van der Waals surface area contributed by atoms with E-state index in [-0.39, 0.29) is 0 Å². The van der Waals surface area contributed by atoms with Gasteiger partial charge in [0.15, 0.2) is 6.10 Å². The molecule has 0 aliphatic heterocycles. The Kier molecular flexibility index (Phi) is 10.1. The molecule has 3 nitrogen and oxygen atoms in total. The number of hydrogen-bond donors (Lipinski definition) is 1. The van der Waals surface area contributed by atoms with Crippen molar-refractivity contribution in [1.29, 1.82) is 0 Å². The van der Waals surface area contributed by atoms with Crippen LogP contribution in [0.1, 0.15) is 58.3 Å². The standard InChI is InChI=1S/C13H24O3/c1-3-5-6-7-8-9-10-11-12(14)13(15)16-4-2/h4,12,14H,2-3,5-11H2,1H3. The van der Waals surface area contributed by atoms with Crippen LogP contribution >= 0.6 is 0 Å². The monoisotopic (exact) mass is 228 g/mol. The summed E-state index contributed by atoms with van der Waals surface area (Å²) in [6, 6.07) is 0. The number of hydrogen-bond acceptors (Lipinski definition) is 3. The van der Waals surface area contributed by atoms with Crippen LogP contribution in [-0.4, -0.2) is 17.2 Å². The molecule has 0 saturated heterocycles. The van der Waals surface area contributed by atoms with Gasteiger partial charge in [-0.3, -0.25) is 0 Å². The zero-order valence-corrected chi connectivity index (χ0v) is 10.3. The maximum atomic E-state index is 11.0. The van der Waals surface area contributed by atoms with Crippen molar-refractivity contribution < 1.29 is 14.6 Å². The molecule has 94 valence electrons.